The molecule has 0 saturated heterocycles. The number of aryl methyl sites for hydroxylation is 1. The highest BCUT2D eigenvalue weighted by Crippen LogP contribution is 2.31. The molecule has 2 aromatic rings. The Morgan fingerprint density at radius 3 is 2.20 bits per heavy atom. The summed E-state index contributed by atoms with van der Waals surface area (Å²) in [5, 5.41) is 3.52. The van der Waals surface area contributed by atoms with Gasteiger partial charge in [-0.25, -0.2) is 0 Å². The molecule has 25 heavy (non-hydrogen) atoms. The molecule has 7 nitrogen and oxygen atoms in total. The third-order valence-electron chi connectivity index (χ3n) is 3.47. The molecule has 0 bridgehead atoms. The summed E-state index contributed by atoms with van der Waals surface area (Å²) in [4.78, 5) is 16.4. The molecule has 0 aromatic carbocycles. The fourth-order valence-electron chi connectivity index (χ4n) is 2.22. The first-order valence-electron chi connectivity index (χ1n) is 7.73. The van der Waals surface area contributed by atoms with Gasteiger partial charge in [-0.3, -0.25) is 4.68 Å². The summed E-state index contributed by atoms with van der Waals surface area (Å²) in [7, 11) is 6.70. The molecule has 0 spiro atoms. The van der Waals surface area contributed by atoms with Crippen LogP contribution in [0.15, 0.2) is 6.20 Å². The number of nitrogens with zero attached hydrogens (tertiary/aromatic N) is 7. The summed E-state index contributed by atoms with van der Waals surface area (Å²) in [5.74, 6) is 1.43. The topological polar surface area (TPSA) is 63.0 Å². The van der Waals surface area contributed by atoms with Crippen LogP contribution in [0.1, 0.15) is 36.8 Å². The van der Waals surface area contributed by atoms with Crippen molar-refractivity contribution in [3.05, 3.63) is 23.3 Å². The van der Waals surface area contributed by atoms with Crippen molar-refractivity contribution >= 4 is 11.9 Å². The van der Waals surface area contributed by atoms with E-state index in [1.807, 2.05) is 13.8 Å². The fourth-order valence-corrected chi connectivity index (χ4v) is 2.22. The van der Waals surface area contributed by atoms with E-state index in [1.54, 1.807) is 30.9 Å². The van der Waals surface area contributed by atoms with Gasteiger partial charge in [0.1, 0.15) is 5.82 Å². The lowest BCUT2D eigenvalue weighted by molar-refractivity contribution is -0.142. The molecule has 0 saturated carbocycles. The lowest BCUT2D eigenvalue weighted by Gasteiger charge is -2.20. The predicted octanol–water partition coefficient (Wildman–Crippen LogP) is 2.45. The van der Waals surface area contributed by atoms with Gasteiger partial charge in [-0.05, 0) is 0 Å². The molecule has 0 radical (unpaired) electrons. The molecule has 2 heterocycles. The van der Waals surface area contributed by atoms with E-state index in [0.29, 0.717) is 17.7 Å². The SMILES string of the molecule is CC(C)c1nc(N(C)C)nc(N(C)Cc2cn(C)nc2C(F)(F)F)n1. The molecular formula is C15H22F3N7. The number of aromatic nitrogens is 5. The van der Waals surface area contributed by atoms with Gasteiger partial charge in [-0.15, -0.1) is 0 Å². The Hall–Kier alpha value is -2.39. The average molecular weight is 357 g/mol. The van der Waals surface area contributed by atoms with E-state index in [0.717, 1.165) is 4.68 Å². The summed E-state index contributed by atoms with van der Waals surface area (Å²) in [6, 6.07) is 0. The Balaban J connectivity index is 2.37. The Morgan fingerprint density at radius 1 is 1.08 bits per heavy atom. The summed E-state index contributed by atoms with van der Waals surface area (Å²) in [5.41, 5.74) is -0.830. The number of hydrogen-bond donors (Lipinski definition) is 0. The van der Waals surface area contributed by atoms with E-state index in [4.69, 9.17) is 0 Å². The van der Waals surface area contributed by atoms with Crippen molar-refractivity contribution in [2.24, 2.45) is 7.05 Å². The monoisotopic (exact) mass is 357 g/mol. The average Bonchev–Trinajstić information content (AvgIpc) is 2.87. The zero-order valence-corrected chi connectivity index (χ0v) is 15.1. The second-order valence-electron chi connectivity index (χ2n) is 6.37. The van der Waals surface area contributed by atoms with Crippen LogP contribution in [-0.4, -0.2) is 45.9 Å². The first-order valence-corrected chi connectivity index (χ1v) is 7.73. The van der Waals surface area contributed by atoms with Crippen molar-refractivity contribution in [3.8, 4) is 0 Å². The van der Waals surface area contributed by atoms with Crippen molar-refractivity contribution in [1.82, 2.24) is 24.7 Å². The number of rotatable bonds is 5. The number of halogens is 3. The van der Waals surface area contributed by atoms with Gasteiger partial charge >= 0.3 is 6.18 Å². The van der Waals surface area contributed by atoms with E-state index in [9.17, 15) is 13.2 Å². The Morgan fingerprint density at radius 2 is 1.68 bits per heavy atom. The summed E-state index contributed by atoms with van der Waals surface area (Å²) >= 11 is 0. The van der Waals surface area contributed by atoms with Crippen LogP contribution in [-0.2, 0) is 19.8 Å². The van der Waals surface area contributed by atoms with E-state index >= 15 is 0 Å². The second-order valence-corrected chi connectivity index (χ2v) is 6.37. The minimum atomic E-state index is -4.51. The van der Waals surface area contributed by atoms with Gasteiger partial charge in [0.15, 0.2) is 5.69 Å². The predicted molar refractivity (Wildman–Crippen MR) is 88.6 cm³/mol. The molecule has 10 heteroatoms. The third-order valence-corrected chi connectivity index (χ3v) is 3.47. The van der Waals surface area contributed by atoms with E-state index in [2.05, 4.69) is 20.1 Å². The number of anilines is 2. The molecule has 0 unspecified atom stereocenters. The Kier molecular flexibility index (Phi) is 5.19. The van der Waals surface area contributed by atoms with Gasteiger partial charge in [0.2, 0.25) is 11.9 Å². The Labute approximate surface area is 144 Å². The van der Waals surface area contributed by atoms with Crippen LogP contribution in [0, 0.1) is 0 Å². The van der Waals surface area contributed by atoms with Crippen molar-refractivity contribution in [3.63, 3.8) is 0 Å². The van der Waals surface area contributed by atoms with Crippen LogP contribution in [0.3, 0.4) is 0 Å². The fraction of sp³-hybridized carbons (Fsp3) is 0.600. The largest absolute Gasteiger partial charge is 0.435 e. The molecule has 0 fully saturated rings. The summed E-state index contributed by atoms with van der Waals surface area (Å²) in [6.45, 7) is 3.87. The van der Waals surface area contributed by atoms with Crippen molar-refractivity contribution in [2.75, 3.05) is 30.9 Å². The van der Waals surface area contributed by atoms with Gasteiger partial charge < -0.3 is 9.80 Å². The maximum absolute atomic E-state index is 13.1. The molecule has 0 aliphatic heterocycles. The minimum absolute atomic E-state index is 0.0168. The quantitative estimate of drug-likeness (QED) is 0.819. The molecule has 2 rings (SSSR count). The molecule has 138 valence electrons. The summed E-state index contributed by atoms with van der Waals surface area (Å²) in [6.07, 6.45) is -3.15. The molecule has 0 amide bonds. The van der Waals surface area contributed by atoms with Gasteiger partial charge in [0.05, 0.1) is 0 Å². The van der Waals surface area contributed by atoms with Crippen LogP contribution in [0.25, 0.3) is 0 Å². The molecular weight excluding hydrogens is 335 g/mol. The van der Waals surface area contributed by atoms with E-state index in [1.165, 1.54) is 13.2 Å². The van der Waals surface area contributed by atoms with Gasteiger partial charge in [0.25, 0.3) is 0 Å². The van der Waals surface area contributed by atoms with Gasteiger partial charge in [-0.1, -0.05) is 13.8 Å². The molecule has 0 aliphatic rings. The van der Waals surface area contributed by atoms with Crippen LogP contribution >= 0.6 is 0 Å². The van der Waals surface area contributed by atoms with Crippen LogP contribution in [0.5, 0.6) is 0 Å². The molecule has 2 aromatic heterocycles. The van der Waals surface area contributed by atoms with Crippen molar-refractivity contribution in [2.45, 2.75) is 32.5 Å². The Bertz CT molecular complexity index is 711. The maximum atomic E-state index is 13.1. The second kappa shape index (κ2) is 6.85. The van der Waals surface area contributed by atoms with Crippen LogP contribution in [0.4, 0.5) is 25.1 Å². The van der Waals surface area contributed by atoms with Crippen LogP contribution in [0.2, 0.25) is 0 Å². The van der Waals surface area contributed by atoms with Crippen LogP contribution < -0.4 is 9.80 Å². The highest BCUT2D eigenvalue weighted by Gasteiger charge is 2.37. The first-order chi connectivity index (χ1) is 11.5. The molecule has 0 atom stereocenters. The third kappa shape index (κ3) is 4.37. The molecule has 0 N–H and O–H groups in total. The lowest BCUT2D eigenvalue weighted by Crippen LogP contribution is -2.24. The smallest absolute Gasteiger partial charge is 0.347 e. The zero-order chi connectivity index (χ0) is 18.9. The lowest BCUT2D eigenvalue weighted by atomic mass is 10.2. The zero-order valence-electron chi connectivity index (χ0n) is 15.1. The first kappa shape index (κ1) is 18.9. The standard InChI is InChI=1S/C15H22F3N7/c1-9(2)12-19-13(23(3)4)21-14(20-12)24(5)7-10-8-25(6)22-11(10)15(16,17)18/h8-9H,7H2,1-6H3. The van der Waals surface area contributed by atoms with E-state index < -0.39 is 11.9 Å². The summed E-state index contributed by atoms with van der Waals surface area (Å²) < 4.78 is 40.5. The van der Waals surface area contributed by atoms with Gasteiger partial charge in [-0.2, -0.15) is 33.2 Å². The van der Waals surface area contributed by atoms with Gasteiger partial charge in [0, 0.05) is 52.4 Å². The number of alkyl halides is 3. The highest BCUT2D eigenvalue weighted by atomic mass is 19.4. The van der Waals surface area contributed by atoms with E-state index in [-0.39, 0.29) is 18.0 Å². The normalized spacial score (nSPS) is 11.9. The minimum Gasteiger partial charge on any atom is -0.347 e. The maximum Gasteiger partial charge on any atom is 0.435 e. The van der Waals surface area contributed by atoms with Crippen molar-refractivity contribution in [1.29, 1.82) is 0 Å². The van der Waals surface area contributed by atoms with Crippen molar-refractivity contribution < 1.29 is 13.2 Å². The number of hydrogen-bond acceptors (Lipinski definition) is 6. The molecule has 0 aliphatic carbocycles. The highest BCUT2D eigenvalue weighted by molar-refractivity contribution is 5.39.